The van der Waals surface area contributed by atoms with Gasteiger partial charge in [-0.05, 0) is 30.3 Å². The van der Waals surface area contributed by atoms with Crippen LogP contribution in [0.5, 0.6) is 11.5 Å². The van der Waals surface area contributed by atoms with Gasteiger partial charge in [0, 0.05) is 23.3 Å². The summed E-state index contributed by atoms with van der Waals surface area (Å²) in [6.45, 7) is 0.778. The first-order valence-corrected chi connectivity index (χ1v) is 7.74. The number of hydrogen-bond acceptors (Lipinski definition) is 6. The molecule has 24 heavy (non-hydrogen) atoms. The van der Waals surface area contributed by atoms with Gasteiger partial charge in [0.15, 0.2) is 0 Å². The van der Waals surface area contributed by atoms with E-state index in [2.05, 4.69) is 0 Å². The van der Waals surface area contributed by atoms with Crippen LogP contribution in [0, 0.1) is 0 Å². The van der Waals surface area contributed by atoms with Gasteiger partial charge in [-0.2, -0.15) is 0 Å². The molecule has 2 heterocycles. The molecule has 4 rings (SSSR count). The van der Waals surface area contributed by atoms with E-state index in [0.29, 0.717) is 29.7 Å². The zero-order valence-electron chi connectivity index (χ0n) is 12.8. The minimum Gasteiger partial charge on any atom is -0.508 e. The average molecular weight is 328 g/mol. The highest BCUT2D eigenvalue weighted by molar-refractivity contribution is 6.04. The van der Waals surface area contributed by atoms with Gasteiger partial charge in [0.1, 0.15) is 29.3 Å². The van der Waals surface area contributed by atoms with E-state index in [1.54, 1.807) is 30.3 Å². The number of benzene rings is 2. The predicted octanol–water partition coefficient (Wildman–Crippen LogP) is 2.18. The Hall–Kier alpha value is -2.57. The molecule has 0 amide bonds. The Morgan fingerprint density at radius 3 is 2.75 bits per heavy atom. The fourth-order valence-electron chi connectivity index (χ4n) is 2.99. The second-order valence-electron chi connectivity index (χ2n) is 5.86. The summed E-state index contributed by atoms with van der Waals surface area (Å²) in [4.78, 5) is 12.2. The second kappa shape index (κ2) is 5.81. The van der Waals surface area contributed by atoms with Crippen molar-refractivity contribution in [2.75, 3.05) is 13.2 Å². The smallest absolute Gasteiger partial charge is 0.344 e. The van der Waals surface area contributed by atoms with Gasteiger partial charge in [-0.15, -0.1) is 0 Å². The molecule has 6 heteroatoms. The van der Waals surface area contributed by atoms with Crippen LogP contribution < -0.4 is 10.4 Å². The van der Waals surface area contributed by atoms with E-state index in [0.717, 1.165) is 10.8 Å². The Bertz CT molecular complexity index is 961. The fraction of sp³-hybridized carbons (Fsp3) is 0.278. The lowest BCUT2D eigenvalue weighted by Crippen LogP contribution is -2.40. The first-order chi connectivity index (χ1) is 11.6. The summed E-state index contributed by atoms with van der Waals surface area (Å²) < 4.78 is 16.3. The minimum atomic E-state index is -0.689. The summed E-state index contributed by atoms with van der Waals surface area (Å²) in [5.41, 5.74) is -0.165. The maximum atomic E-state index is 12.2. The van der Waals surface area contributed by atoms with E-state index in [4.69, 9.17) is 13.9 Å². The van der Waals surface area contributed by atoms with Crippen molar-refractivity contribution < 1.29 is 24.1 Å². The molecule has 0 aliphatic carbocycles. The van der Waals surface area contributed by atoms with Gasteiger partial charge < -0.3 is 24.1 Å². The molecule has 0 spiro atoms. The first kappa shape index (κ1) is 15.0. The Labute approximate surface area is 136 Å². The topological polar surface area (TPSA) is 89.1 Å². The molecular weight excluding hydrogens is 312 g/mol. The van der Waals surface area contributed by atoms with Crippen molar-refractivity contribution in [3.8, 4) is 11.5 Å². The lowest BCUT2D eigenvalue weighted by atomic mass is 10.1. The summed E-state index contributed by atoms with van der Waals surface area (Å²) in [6.07, 6.45) is -0.462. The van der Waals surface area contributed by atoms with Crippen molar-refractivity contribution >= 4 is 21.7 Å². The van der Waals surface area contributed by atoms with Gasteiger partial charge in [-0.3, -0.25) is 0 Å². The molecule has 1 aliphatic heterocycles. The molecule has 0 bridgehead atoms. The number of aliphatic hydroxyl groups excluding tert-OH is 1. The van der Waals surface area contributed by atoms with Gasteiger partial charge in [-0.1, -0.05) is 0 Å². The maximum absolute atomic E-state index is 12.2. The van der Waals surface area contributed by atoms with Crippen LogP contribution in [0.1, 0.15) is 6.42 Å². The zero-order valence-corrected chi connectivity index (χ0v) is 12.8. The zero-order chi connectivity index (χ0) is 16.7. The number of phenolic OH excluding ortho intramolecular Hbond substituents is 1. The number of rotatable bonds is 2. The number of aliphatic hydroxyl groups is 1. The maximum Gasteiger partial charge on any atom is 0.344 e. The molecule has 2 atom stereocenters. The molecule has 1 saturated heterocycles. The minimum absolute atomic E-state index is 0.0402. The number of phenols is 1. The van der Waals surface area contributed by atoms with Crippen molar-refractivity contribution in [1.29, 1.82) is 0 Å². The predicted molar refractivity (Wildman–Crippen MR) is 87.5 cm³/mol. The van der Waals surface area contributed by atoms with Crippen LogP contribution >= 0.6 is 0 Å². The second-order valence-corrected chi connectivity index (χ2v) is 5.86. The normalized spacial score (nSPS) is 21.2. The van der Waals surface area contributed by atoms with E-state index in [9.17, 15) is 15.0 Å². The summed E-state index contributed by atoms with van der Waals surface area (Å²) in [5, 5.41) is 21.3. The van der Waals surface area contributed by atoms with Crippen LogP contribution in [0.2, 0.25) is 0 Å². The number of ether oxygens (including phenoxy) is 2. The molecular formula is C18H16O6. The van der Waals surface area contributed by atoms with Crippen LogP contribution in [0.4, 0.5) is 0 Å². The third-order valence-electron chi connectivity index (χ3n) is 4.22. The number of hydrogen-bond donors (Lipinski definition) is 2. The van der Waals surface area contributed by atoms with Crippen LogP contribution in [0.25, 0.3) is 21.7 Å². The molecule has 1 fully saturated rings. The number of fused-ring (bicyclic) bond motifs is 3. The summed E-state index contributed by atoms with van der Waals surface area (Å²) in [6, 6.07) is 9.83. The van der Waals surface area contributed by atoms with E-state index < -0.39 is 11.7 Å². The molecule has 3 aromatic rings. The van der Waals surface area contributed by atoms with Crippen molar-refractivity contribution in [1.82, 2.24) is 0 Å². The van der Waals surface area contributed by atoms with E-state index >= 15 is 0 Å². The fourth-order valence-corrected chi connectivity index (χ4v) is 2.99. The standard InChI is InChI=1S/C18H16O6/c19-10-1-3-13-12-4-2-11(23-16-5-6-22-9-15(16)20)8-14(12)18(21)24-17(13)7-10/h1-4,7-8,15-16,19-20H,5-6,9H2. The van der Waals surface area contributed by atoms with Crippen molar-refractivity contribution in [2.24, 2.45) is 0 Å². The van der Waals surface area contributed by atoms with Crippen LogP contribution in [0.15, 0.2) is 45.6 Å². The molecule has 124 valence electrons. The van der Waals surface area contributed by atoms with Gasteiger partial charge in [0.2, 0.25) is 0 Å². The SMILES string of the molecule is O=c1oc2cc(O)ccc2c2ccc(OC3CCOCC3O)cc12. The van der Waals surface area contributed by atoms with Gasteiger partial charge in [0.05, 0.1) is 18.6 Å². The number of aromatic hydroxyl groups is 1. The summed E-state index contributed by atoms with van der Waals surface area (Å²) in [7, 11) is 0. The molecule has 1 aromatic heterocycles. The van der Waals surface area contributed by atoms with Crippen LogP contribution in [-0.2, 0) is 4.74 Å². The Kier molecular flexibility index (Phi) is 3.63. The molecule has 0 radical (unpaired) electrons. The third-order valence-corrected chi connectivity index (χ3v) is 4.22. The highest BCUT2D eigenvalue weighted by Crippen LogP contribution is 2.29. The lowest BCUT2D eigenvalue weighted by molar-refractivity contribution is -0.0750. The van der Waals surface area contributed by atoms with Gasteiger partial charge in [-0.25, -0.2) is 4.79 Å². The van der Waals surface area contributed by atoms with E-state index in [1.807, 2.05) is 0 Å². The Morgan fingerprint density at radius 2 is 1.92 bits per heavy atom. The summed E-state index contributed by atoms with van der Waals surface area (Å²) >= 11 is 0. The van der Waals surface area contributed by atoms with Crippen molar-refractivity contribution in [3.05, 3.63) is 46.8 Å². The van der Waals surface area contributed by atoms with Crippen LogP contribution in [0.3, 0.4) is 0 Å². The Morgan fingerprint density at radius 1 is 1.08 bits per heavy atom. The Balaban J connectivity index is 1.78. The van der Waals surface area contributed by atoms with Crippen molar-refractivity contribution in [3.63, 3.8) is 0 Å². The van der Waals surface area contributed by atoms with Gasteiger partial charge >= 0.3 is 5.63 Å². The highest BCUT2D eigenvalue weighted by Gasteiger charge is 2.25. The van der Waals surface area contributed by atoms with Crippen molar-refractivity contribution in [2.45, 2.75) is 18.6 Å². The van der Waals surface area contributed by atoms with Gasteiger partial charge in [0.25, 0.3) is 0 Å². The first-order valence-electron chi connectivity index (χ1n) is 7.74. The molecule has 2 N–H and O–H groups in total. The molecule has 1 aliphatic rings. The molecule has 2 unspecified atom stereocenters. The lowest BCUT2D eigenvalue weighted by Gasteiger charge is -2.28. The monoisotopic (exact) mass is 328 g/mol. The van der Waals surface area contributed by atoms with E-state index in [1.165, 1.54) is 6.07 Å². The summed E-state index contributed by atoms with van der Waals surface area (Å²) in [5.74, 6) is 0.539. The molecule has 6 nitrogen and oxygen atoms in total. The molecule has 2 aromatic carbocycles. The third kappa shape index (κ3) is 2.60. The quantitative estimate of drug-likeness (QED) is 0.554. The van der Waals surface area contributed by atoms with Crippen LogP contribution in [-0.4, -0.2) is 35.6 Å². The van der Waals surface area contributed by atoms with E-state index in [-0.39, 0.29) is 18.5 Å². The highest BCUT2D eigenvalue weighted by atomic mass is 16.5. The molecule has 0 saturated carbocycles. The average Bonchev–Trinajstić information content (AvgIpc) is 2.57. The largest absolute Gasteiger partial charge is 0.508 e.